The Hall–Kier alpha value is -0.980. The first-order valence-corrected chi connectivity index (χ1v) is 6.04. The van der Waals surface area contributed by atoms with Gasteiger partial charge in [-0.3, -0.25) is 0 Å². The Bertz CT molecular complexity index is 396. The number of ether oxygens (including phenoxy) is 3. The molecule has 1 aromatic rings. The van der Waals surface area contributed by atoms with Crippen LogP contribution >= 0.6 is 0 Å². The van der Waals surface area contributed by atoms with Gasteiger partial charge in [-0.15, -0.1) is 0 Å². The highest BCUT2D eigenvalue weighted by Gasteiger charge is 2.52. The molecule has 0 aliphatic carbocycles. The summed E-state index contributed by atoms with van der Waals surface area (Å²) < 4.78 is 16.3. The van der Waals surface area contributed by atoms with Crippen molar-refractivity contribution in [3.63, 3.8) is 0 Å². The highest BCUT2D eigenvalue weighted by Crippen LogP contribution is 2.32. The fraction of sp³-hybridized carbons (Fsp3) is 0.538. The molecule has 5 atom stereocenters. The van der Waals surface area contributed by atoms with Crippen molar-refractivity contribution >= 4 is 0 Å². The maximum atomic E-state index is 9.97. The summed E-state index contributed by atoms with van der Waals surface area (Å²) in [5.41, 5.74) is 1.01. The Labute approximate surface area is 105 Å². The molecule has 2 aliphatic heterocycles. The Balaban J connectivity index is 1.58. The Morgan fingerprint density at radius 1 is 1.17 bits per heavy atom. The van der Waals surface area contributed by atoms with Crippen LogP contribution in [0.15, 0.2) is 30.3 Å². The van der Waals surface area contributed by atoms with Crippen LogP contribution in [0.5, 0.6) is 0 Å². The summed E-state index contributed by atoms with van der Waals surface area (Å²) in [7, 11) is 0. The summed E-state index contributed by atoms with van der Waals surface area (Å²) in [6, 6.07) is 9.65. The van der Waals surface area contributed by atoms with Crippen LogP contribution in [-0.4, -0.2) is 47.5 Å². The van der Waals surface area contributed by atoms with Gasteiger partial charge in [0.2, 0.25) is 0 Å². The van der Waals surface area contributed by atoms with E-state index in [4.69, 9.17) is 14.2 Å². The molecule has 2 saturated heterocycles. The highest BCUT2D eigenvalue weighted by molar-refractivity contribution is 5.13. The molecule has 3 rings (SSSR count). The van der Waals surface area contributed by atoms with Gasteiger partial charge in [-0.25, -0.2) is 0 Å². The summed E-state index contributed by atoms with van der Waals surface area (Å²) in [5, 5.41) is 19.6. The van der Waals surface area contributed by atoms with Crippen molar-refractivity contribution in [3.05, 3.63) is 35.9 Å². The second-order valence-corrected chi connectivity index (χ2v) is 4.62. The van der Waals surface area contributed by atoms with Crippen molar-refractivity contribution in [2.24, 2.45) is 0 Å². The second-order valence-electron chi connectivity index (χ2n) is 4.62. The van der Waals surface area contributed by atoms with Crippen LogP contribution in [0.4, 0.5) is 0 Å². The van der Waals surface area contributed by atoms with Crippen molar-refractivity contribution < 1.29 is 24.4 Å². The molecule has 1 aromatic carbocycles. The molecule has 0 unspecified atom stereocenters. The molecule has 0 saturated carbocycles. The van der Waals surface area contributed by atoms with Gasteiger partial charge in [0, 0.05) is 0 Å². The third kappa shape index (κ3) is 2.15. The van der Waals surface area contributed by atoms with Crippen molar-refractivity contribution in [2.45, 2.75) is 37.3 Å². The molecule has 0 amide bonds. The lowest BCUT2D eigenvalue weighted by molar-refractivity contribution is -0.187. The zero-order valence-electron chi connectivity index (χ0n) is 9.81. The summed E-state index contributed by atoms with van der Waals surface area (Å²) in [6.45, 7) is 0.565. The van der Waals surface area contributed by atoms with Crippen LogP contribution in [-0.2, 0) is 20.8 Å². The lowest BCUT2D eigenvalue weighted by Crippen LogP contribution is -2.33. The minimum Gasteiger partial charge on any atom is -0.388 e. The number of aliphatic hydroxyl groups excluding tert-OH is 2. The van der Waals surface area contributed by atoms with Crippen LogP contribution in [0.25, 0.3) is 0 Å². The zero-order chi connectivity index (χ0) is 12.5. The average Bonchev–Trinajstić information content (AvgIpc) is 2.91. The molecule has 98 valence electrons. The first-order chi connectivity index (χ1) is 8.75. The van der Waals surface area contributed by atoms with Gasteiger partial charge in [-0.05, 0) is 5.56 Å². The van der Waals surface area contributed by atoms with E-state index in [1.54, 1.807) is 0 Å². The monoisotopic (exact) mass is 252 g/mol. The standard InChI is InChI=1S/C13H16O5/c14-9-7-16-12-10(15)13(18-11(9)12)17-6-8-4-2-1-3-5-8/h1-5,9-15H,6-7H2/t9-,10-,11-,12-,13+/m1/s1. The van der Waals surface area contributed by atoms with Crippen molar-refractivity contribution in [1.29, 1.82) is 0 Å². The molecule has 5 nitrogen and oxygen atoms in total. The van der Waals surface area contributed by atoms with E-state index in [1.807, 2.05) is 30.3 Å². The van der Waals surface area contributed by atoms with Gasteiger partial charge in [0.05, 0.1) is 13.2 Å². The molecule has 2 heterocycles. The lowest BCUT2D eigenvalue weighted by Gasteiger charge is -2.17. The van der Waals surface area contributed by atoms with E-state index in [2.05, 4.69) is 0 Å². The number of fused-ring (bicyclic) bond motifs is 1. The fourth-order valence-electron chi connectivity index (χ4n) is 2.36. The Morgan fingerprint density at radius 3 is 2.67 bits per heavy atom. The van der Waals surface area contributed by atoms with Gasteiger partial charge < -0.3 is 24.4 Å². The first kappa shape index (κ1) is 12.1. The molecule has 5 heteroatoms. The molecule has 0 spiro atoms. The van der Waals surface area contributed by atoms with Crippen molar-refractivity contribution in [3.8, 4) is 0 Å². The van der Waals surface area contributed by atoms with E-state index < -0.39 is 30.7 Å². The van der Waals surface area contributed by atoms with Gasteiger partial charge in [0.1, 0.15) is 24.4 Å². The first-order valence-electron chi connectivity index (χ1n) is 6.04. The fourth-order valence-corrected chi connectivity index (χ4v) is 2.36. The molecule has 2 aliphatic rings. The molecule has 2 fully saturated rings. The van der Waals surface area contributed by atoms with E-state index in [0.29, 0.717) is 6.61 Å². The maximum absolute atomic E-state index is 9.97. The molecular formula is C13H16O5. The quantitative estimate of drug-likeness (QED) is 0.795. The SMILES string of the molecule is O[C@H]1[C@@H](OCc2ccccc2)O[C@H]2[C@@H]1OC[C@H]2O. The summed E-state index contributed by atoms with van der Waals surface area (Å²) in [5.74, 6) is 0. The third-order valence-electron chi connectivity index (χ3n) is 3.33. The smallest absolute Gasteiger partial charge is 0.187 e. The van der Waals surface area contributed by atoms with E-state index in [-0.39, 0.29) is 6.61 Å². The number of rotatable bonds is 3. The molecule has 0 aromatic heterocycles. The molecule has 2 N–H and O–H groups in total. The molecular weight excluding hydrogens is 236 g/mol. The predicted octanol–water partition coefficient (Wildman–Crippen LogP) is 0.0487. The van der Waals surface area contributed by atoms with Gasteiger partial charge in [0.25, 0.3) is 0 Å². The highest BCUT2D eigenvalue weighted by atomic mass is 16.7. The predicted molar refractivity (Wildman–Crippen MR) is 61.6 cm³/mol. The van der Waals surface area contributed by atoms with Crippen molar-refractivity contribution in [1.82, 2.24) is 0 Å². The largest absolute Gasteiger partial charge is 0.388 e. The molecule has 18 heavy (non-hydrogen) atoms. The van der Waals surface area contributed by atoms with Crippen LogP contribution in [0, 0.1) is 0 Å². The average molecular weight is 252 g/mol. The van der Waals surface area contributed by atoms with Gasteiger partial charge in [-0.1, -0.05) is 30.3 Å². The minimum atomic E-state index is -0.851. The molecule has 0 bridgehead atoms. The third-order valence-corrected chi connectivity index (χ3v) is 3.33. The minimum absolute atomic E-state index is 0.206. The van der Waals surface area contributed by atoms with Crippen LogP contribution < -0.4 is 0 Å². The second kappa shape index (κ2) is 4.95. The maximum Gasteiger partial charge on any atom is 0.187 e. The van der Waals surface area contributed by atoms with Gasteiger partial charge in [0.15, 0.2) is 6.29 Å². The van der Waals surface area contributed by atoms with Crippen LogP contribution in [0.2, 0.25) is 0 Å². The summed E-state index contributed by atoms with van der Waals surface area (Å²) in [6.07, 6.45) is -3.25. The summed E-state index contributed by atoms with van der Waals surface area (Å²) in [4.78, 5) is 0. The van der Waals surface area contributed by atoms with Gasteiger partial charge >= 0.3 is 0 Å². The number of aliphatic hydroxyl groups is 2. The number of hydrogen-bond acceptors (Lipinski definition) is 5. The van der Waals surface area contributed by atoms with E-state index in [1.165, 1.54) is 0 Å². The molecule has 0 radical (unpaired) electrons. The van der Waals surface area contributed by atoms with E-state index in [9.17, 15) is 10.2 Å². The Kier molecular flexibility index (Phi) is 3.32. The van der Waals surface area contributed by atoms with Crippen molar-refractivity contribution in [2.75, 3.05) is 6.61 Å². The number of benzene rings is 1. The normalized spacial score (nSPS) is 38.9. The Morgan fingerprint density at radius 2 is 1.94 bits per heavy atom. The van der Waals surface area contributed by atoms with Crippen LogP contribution in [0.1, 0.15) is 5.56 Å². The van der Waals surface area contributed by atoms with E-state index >= 15 is 0 Å². The van der Waals surface area contributed by atoms with Crippen LogP contribution in [0.3, 0.4) is 0 Å². The number of hydrogen-bond donors (Lipinski definition) is 2. The lowest BCUT2D eigenvalue weighted by atomic mass is 10.1. The topological polar surface area (TPSA) is 68.2 Å². The van der Waals surface area contributed by atoms with E-state index in [0.717, 1.165) is 5.56 Å². The summed E-state index contributed by atoms with van der Waals surface area (Å²) >= 11 is 0. The van der Waals surface area contributed by atoms with Gasteiger partial charge in [-0.2, -0.15) is 0 Å². The zero-order valence-corrected chi connectivity index (χ0v) is 9.81.